The van der Waals surface area contributed by atoms with Crippen molar-refractivity contribution in [3.63, 3.8) is 0 Å². The number of hydrogen-bond acceptors (Lipinski definition) is 5. The molecule has 4 heterocycles. The van der Waals surface area contributed by atoms with Gasteiger partial charge in [-0.1, -0.05) is 6.07 Å². The number of nitrogens with one attached hydrogen (secondary N) is 1. The molecule has 5 rings (SSSR count). The number of aromatic nitrogens is 3. The minimum Gasteiger partial charge on any atom is -0.306 e. The van der Waals surface area contributed by atoms with E-state index in [4.69, 9.17) is 0 Å². The highest BCUT2D eigenvalue weighted by atomic mass is 16.1. The predicted molar refractivity (Wildman–Crippen MR) is 118 cm³/mol. The number of fused-ring (bicyclic) bond motifs is 1. The molecule has 1 atom stereocenters. The van der Waals surface area contributed by atoms with Gasteiger partial charge >= 0.3 is 0 Å². The van der Waals surface area contributed by atoms with E-state index >= 15 is 0 Å². The Morgan fingerprint density at radius 1 is 1.07 bits per heavy atom. The van der Waals surface area contributed by atoms with Gasteiger partial charge in [-0.05, 0) is 70.3 Å². The average molecular weight is 411 g/mol. The van der Waals surface area contributed by atoms with Crippen LogP contribution in [-0.2, 0) is 12.8 Å². The van der Waals surface area contributed by atoms with Crippen LogP contribution >= 0.6 is 0 Å². The lowest BCUT2D eigenvalue weighted by Gasteiger charge is -2.42. The summed E-state index contributed by atoms with van der Waals surface area (Å²) in [5.41, 5.74) is 2.14. The minimum atomic E-state index is 0.0781. The van der Waals surface area contributed by atoms with Gasteiger partial charge in [-0.2, -0.15) is 0 Å². The predicted octanol–water partition coefficient (Wildman–Crippen LogP) is 1.38. The Bertz CT molecular complexity index is 890. The first kappa shape index (κ1) is 20.0. The highest BCUT2D eigenvalue weighted by Crippen LogP contribution is 2.24. The molecule has 2 fully saturated rings. The molecule has 2 aliphatic heterocycles. The molecule has 3 aliphatic rings. The van der Waals surface area contributed by atoms with Gasteiger partial charge in [0.05, 0.1) is 0 Å². The van der Waals surface area contributed by atoms with Gasteiger partial charge in [-0.15, -0.1) is 0 Å². The minimum absolute atomic E-state index is 0.0781. The van der Waals surface area contributed by atoms with E-state index in [0.717, 1.165) is 49.5 Å². The number of piperazine rings is 1. The summed E-state index contributed by atoms with van der Waals surface area (Å²) in [6, 6.07) is 6.16. The van der Waals surface area contributed by atoms with Crippen molar-refractivity contribution in [3.8, 4) is 5.82 Å². The molecule has 2 aromatic heterocycles. The molecular formula is C23H34N6O. The molecule has 1 aliphatic carbocycles. The second kappa shape index (κ2) is 8.65. The van der Waals surface area contributed by atoms with E-state index in [1.807, 2.05) is 18.2 Å². The molecule has 7 nitrogen and oxygen atoms in total. The van der Waals surface area contributed by atoms with Crippen molar-refractivity contribution < 1.29 is 0 Å². The molecule has 0 amide bonds. The van der Waals surface area contributed by atoms with E-state index in [9.17, 15) is 4.79 Å². The third-order valence-electron chi connectivity index (χ3n) is 7.40. The molecule has 0 spiro atoms. The lowest BCUT2D eigenvalue weighted by Crippen LogP contribution is -2.53. The van der Waals surface area contributed by atoms with Crippen molar-refractivity contribution in [2.45, 2.75) is 38.1 Å². The second-order valence-electron chi connectivity index (χ2n) is 9.38. The molecule has 0 bridgehead atoms. The Morgan fingerprint density at radius 3 is 2.60 bits per heavy atom. The van der Waals surface area contributed by atoms with Crippen molar-refractivity contribution in [3.05, 3.63) is 46.0 Å². The van der Waals surface area contributed by atoms with Crippen molar-refractivity contribution in [2.24, 2.45) is 5.92 Å². The Balaban J connectivity index is 1.18. The summed E-state index contributed by atoms with van der Waals surface area (Å²) in [6.07, 6.45) is 7.36. The summed E-state index contributed by atoms with van der Waals surface area (Å²) in [5, 5.41) is 3.31. The first-order valence-electron chi connectivity index (χ1n) is 11.6. The normalized spacial score (nSPS) is 24.8. The number of hydrogen-bond donors (Lipinski definition) is 1. The maximum atomic E-state index is 13.0. The molecule has 0 aromatic carbocycles. The van der Waals surface area contributed by atoms with Crippen LogP contribution < -0.4 is 5.56 Å². The van der Waals surface area contributed by atoms with Crippen molar-refractivity contribution in [2.75, 3.05) is 52.9 Å². The van der Waals surface area contributed by atoms with Gasteiger partial charge in [0.2, 0.25) is 0 Å². The molecular weight excluding hydrogens is 376 g/mol. The standard InChI is InChI=1S/C23H34N6O/c1-26-10-7-18(8-11-26)17-27-12-14-28(15-13-27)19-5-6-21-20(16-19)23(30)29(25-21)22-4-2-3-9-24-22/h2-4,9,18-19,25H,5-8,10-17H2,1H3. The van der Waals surface area contributed by atoms with Crippen LogP contribution in [0.1, 0.15) is 30.5 Å². The molecule has 7 heteroatoms. The summed E-state index contributed by atoms with van der Waals surface area (Å²) in [6.45, 7) is 8.37. The highest BCUT2D eigenvalue weighted by molar-refractivity contribution is 5.28. The van der Waals surface area contributed by atoms with E-state index in [-0.39, 0.29) is 5.56 Å². The third-order valence-corrected chi connectivity index (χ3v) is 7.40. The summed E-state index contributed by atoms with van der Waals surface area (Å²) in [4.78, 5) is 25.1. The van der Waals surface area contributed by atoms with Gasteiger partial charge in [0.1, 0.15) is 0 Å². The number of piperidine rings is 1. The average Bonchev–Trinajstić information content (AvgIpc) is 3.12. The Kier molecular flexibility index (Phi) is 5.76. The Labute approximate surface area is 178 Å². The fraction of sp³-hybridized carbons (Fsp3) is 0.652. The maximum Gasteiger partial charge on any atom is 0.276 e. The number of aromatic amines is 1. The van der Waals surface area contributed by atoms with Gasteiger partial charge in [0.15, 0.2) is 5.82 Å². The molecule has 2 saturated heterocycles. The van der Waals surface area contributed by atoms with Crippen molar-refractivity contribution in [1.29, 1.82) is 0 Å². The van der Waals surface area contributed by atoms with Gasteiger partial charge in [0, 0.05) is 56.2 Å². The van der Waals surface area contributed by atoms with E-state index in [1.165, 1.54) is 45.6 Å². The van der Waals surface area contributed by atoms with Crippen LogP contribution in [-0.4, -0.2) is 88.4 Å². The summed E-state index contributed by atoms with van der Waals surface area (Å²) < 4.78 is 1.62. The van der Waals surface area contributed by atoms with Crippen LogP contribution in [0.4, 0.5) is 0 Å². The largest absolute Gasteiger partial charge is 0.306 e. The van der Waals surface area contributed by atoms with E-state index in [1.54, 1.807) is 10.9 Å². The summed E-state index contributed by atoms with van der Waals surface area (Å²) in [5.74, 6) is 1.55. The van der Waals surface area contributed by atoms with Crippen LogP contribution in [0.3, 0.4) is 0 Å². The van der Waals surface area contributed by atoms with Crippen LogP contribution in [0.25, 0.3) is 5.82 Å². The molecule has 1 unspecified atom stereocenters. The molecule has 1 N–H and O–H groups in total. The van der Waals surface area contributed by atoms with Gasteiger partial charge < -0.3 is 9.80 Å². The fourth-order valence-corrected chi connectivity index (χ4v) is 5.46. The van der Waals surface area contributed by atoms with E-state index in [2.05, 4.69) is 31.8 Å². The van der Waals surface area contributed by atoms with Gasteiger partial charge in [-0.3, -0.25) is 14.8 Å². The summed E-state index contributed by atoms with van der Waals surface area (Å²) in [7, 11) is 2.24. The Hall–Kier alpha value is -1.96. The van der Waals surface area contributed by atoms with Crippen LogP contribution in [0, 0.1) is 5.92 Å². The molecule has 162 valence electrons. The quantitative estimate of drug-likeness (QED) is 0.825. The first-order chi connectivity index (χ1) is 14.7. The lowest BCUT2D eigenvalue weighted by atomic mass is 9.91. The molecule has 0 radical (unpaired) electrons. The van der Waals surface area contributed by atoms with E-state index < -0.39 is 0 Å². The smallest absolute Gasteiger partial charge is 0.276 e. The Morgan fingerprint density at radius 2 is 1.87 bits per heavy atom. The number of H-pyrrole nitrogens is 1. The molecule has 2 aromatic rings. The maximum absolute atomic E-state index is 13.0. The monoisotopic (exact) mass is 410 g/mol. The molecule has 0 saturated carbocycles. The number of pyridine rings is 1. The lowest BCUT2D eigenvalue weighted by molar-refractivity contribution is 0.0708. The topological polar surface area (TPSA) is 60.4 Å². The van der Waals surface area contributed by atoms with Crippen molar-refractivity contribution >= 4 is 0 Å². The fourth-order valence-electron chi connectivity index (χ4n) is 5.46. The summed E-state index contributed by atoms with van der Waals surface area (Å²) >= 11 is 0. The zero-order valence-electron chi connectivity index (χ0n) is 18.1. The SMILES string of the molecule is CN1CCC(CN2CCN(C3CCc4[nH]n(-c5ccccn5)c(=O)c4C3)CC2)CC1. The zero-order valence-corrected chi connectivity index (χ0v) is 18.1. The zero-order chi connectivity index (χ0) is 20.5. The first-order valence-corrected chi connectivity index (χ1v) is 11.6. The molecule has 30 heavy (non-hydrogen) atoms. The third kappa shape index (κ3) is 4.11. The van der Waals surface area contributed by atoms with Gasteiger partial charge in [-0.25, -0.2) is 9.67 Å². The highest BCUT2D eigenvalue weighted by Gasteiger charge is 2.31. The van der Waals surface area contributed by atoms with E-state index in [0.29, 0.717) is 11.9 Å². The van der Waals surface area contributed by atoms with Gasteiger partial charge in [0.25, 0.3) is 5.56 Å². The second-order valence-corrected chi connectivity index (χ2v) is 9.38. The van der Waals surface area contributed by atoms with Crippen LogP contribution in [0.5, 0.6) is 0 Å². The van der Waals surface area contributed by atoms with Crippen molar-refractivity contribution in [1.82, 2.24) is 29.5 Å². The number of aryl methyl sites for hydroxylation is 1. The van der Waals surface area contributed by atoms with Crippen LogP contribution in [0.2, 0.25) is 0 Å². The number of likely N-dealkylation sites (tertiary alicyclic amines) is 1. The number of nitrogens with zero attached hydrogens (tertiary/aromatic N) is 5. The number of rotatable bonds is 4. The van der Waals surface area contributed by atoms with Crippen LogP contribution in [0.15, 0.2) is 29.2 Å².